The number of nitrogens with one attached hydrogen (secondary N) is 1. The van der Waals surface area contributed by atoms with Crippen LogP contribution < -0.4 is 5.32 Å². The number of fused-ring (bicyclic) bond motifs is 1. The molecule has 0 bridgehead atoms. The fourth-order valence-corrected chi connectivity index (χ4v) is 2.51. The van der Waals surface area contributed by atoms with Crippen molar-refractivity contribution in [3.63, 3.8) is 0 Å². The number of hydrogen-bond acceptors (Lipinski definition) is 6. The quantitative estimate of drug-likeness (QED) is 0.718. The number of carbonyl (C=O) groups is 1. The first kappa shape index (κ1) is 15.8. The number of nitrogens with zero attached hydrogens (tertiary/aromatic N) is 1. The summed E-state index contributed by atoms with van der Waals surface area (Å²) in [7, 11) is 1.56. The molecular weight excluding hydrogens is 292 g/mol. The summed E-state index contributed by atoms with van der Waals surface area (Å²) >= 11 is 1.24. The van der Waals surface area contributed by atoms with Crippen LogP contribution >= 0.6 is 11.8 Å². The Bertz CT molecular complexity index is 548. The van der Waals surface area contributed by atoms with Crippen molar-refractivity contribution in [3.8, 4) is 0 Å². The minimum atomic E-state index is -0.184. The summed E-state index contributed by atoms with van der Waals surface area (Å²) in [5, 5.41) is 12.2. The summed E-state index contributed by atoms with van der Waals surface area (Å²) in [6.07, 6.45) is 0.465. The number of oxazole rings is 1. The Kier molecular flexibility index (Phi) is 6.04. The number of para-hydroxylation sites is 2. The van der Waals surface area contributed by atoms with Crippen LogP contribution in [0.25, 0.3) is 11.1 Å². The second kappa shape index (κ2) is 8.02. The van der Waals surface area contributed by atoms with E-state index in [-0.39, 0.29) is 24.3 Å². The van der Waals surface area contributed by atoms with Gasteiger partial charge in [0.2, 0.25) is 5.91 Å². The fourth-order valence-electron chi connectivity index (χ4n) is 1.86. The highest BCUT2D eigenvalue weighted by Crippen LogP contribution is 2.22. The third kappa shape index (κ3) is 4.73. The van der Waals surface area contributed by atoms with Gasteiger partial charge in [-0.05, 0) is 18.6 Å². The van der Waals surface area contributed by atoms with E-state index >= 15 is 0 Å². The molecule has 7 heteroatoms. The molecule has 6 nitrogen and oxygen atoms in total. The number of carbonyl (C=O) groups excluding carboxylic acids is 1. The SMILES string of the molecule is COCC(CCO)NC(=O)CSc1nc2ccccc2o1. The van der Waals surface area contributed by atoms with Gasteiger partial charge in [-0.25, -0.2) is 4.98 Å². The van der Waals surface area contributed by atoms with Crippen LogP contribution in [0.2, 0.25) is 0 Å². The van der Waals surface area contributed by atoms with Gasteiger partial charge in [-0.15, -0.1) is 0 Å². The number of ether oxygens (including phenoxy) is 1. The van der Waals surface area contributed by atoms with E-state index in [1.165, 1.54) is 11.8 Å². The minimum Gasteiger partial charge on any atom is -0.431 e. The molecule has 114 valence electrons. The molecule has 1 amide bonds. The summed E-state index contributed by atoms with van der Waals surface area (Å²) in [5.41, 5.74) is 1.48. The molecule has 2 N–H and O–H groups in total. The Morgan fingerprint density at radius 2 is 2.33 bits per heavy atom. The maximum Gasteiger partial charge on any atom is 0.257 e. The molecule has 21 heavy (non-hydrogen) atoms. The standard InChI is InChI=1S/C14H18N2O4S/c1-19-8-10(6-7-17)15-13(18)9-21-14-16-11-4-2-3-5-12(11)20-14/h2-5,10,17H,6-9H2,1H3,(H,15,18). The first-order valence-corrected chi connectivity index (χ1v) is 7.59. The van der Waals surface area contributed by atoms with Crippen molar-refractivity contribution in [3.05, 3.63) is 24.3 Å². The van der Waals surface area contributed by atoms with Crippen molar-refractivity contribution >= 4 is 28.8 Å². The van der Waals surface area contributed by atoms with Gasteiger partial charge >= 0.3 is 0 Å². The van der Waals surface area contributed by atoms with Crippen LogP contribution in [0.15, 0.2) is 33.9 Å². The lowest BCUT2D eigenvalue weighted by Gasteiger charge is -2.16. The molecule has 0 saturated carbocycles. The number of aromatic nitrogens is 1. The molecule has 0 saturated heterocycles. The van der Waals surface area contributed by atoms with Gasteiger partial charge < -0.3 is 19.6 Å². The van der Waals surface area contributed by atoms with Gasteiger partial charge in [-0.2, -0.15) is 0 Å². The zero-order valence-electron chi connectivity index (χ0n) is 11.7. The van der Waals surface area contributed by atoms with E-state index in [4.69, 9.17) is 14.3 Å². The maximum absolute atomic E-state index is 11.9. The number of hydrogen-bond donors (Lipinski definition) is 2. The van der Waals surface area contributed by atoms with Crippen molar-refractivity contribution in [1.29, 1.82) is 0 Å². The Balaban J connectivity index is 1.85. The molecule has 2 aromatic rings. The lowest BCUT2D eigenvalue weighted by molar-refractivity contribution is -0.119. The largest absolute Gasteiger partial charge is 0.431 e. The van der Waals surface area contributed by atoms with E-state index in [1.54, 1.807) is 7.11 Å². The van der Waals surface area contributed by atoms with E-state index < -0.39 is 0 Å². The second-order valence-corrected chi connectivity index (χ2v) is 5.39. The molecule has 1 atom stereocenters. The van der Waals surface area contributed by atoms with Gasteiger partial charge in [0.15, 0.2) is 5.58 Å². The van der Waals surface area contributed by atoms with Gasteiger partial charge in [-0.1, -0.05) is 23.9 Å². The van der Waals surface area contributed by atoms with E-state index in [0.717, 1.165) is 5.52 Å². The summed E-state index contributed by atoms with van der Waals surface area (Å²) in [6.45, 7) is 0.381. The Morgan fingerprint density at radius 1 is 1.52 bits per heavy atom. The maximum atomic E-state index is 11.9. The molecule has 0 radical (unpaired) electrons. The van der Waals surface area contributed by atoms with E-state index in [1.807, 2.05) is 24.3 Å². The average Bonchev–Trinajstić information content (AvgIpc) is 2.88. The molecule has 0 spiro atoms. The minimum absolute atomic E-state index is 0.00653. The molecule has 2 rings (SSSR count). The Hall–Kier alpha value is -1.57. The molecule has 0 aliphatic heterocycles. The zero-order valence-corrected chi connectivity index (χ0v) is 12.6. The van der Waals surface area contributed by atoms with Crippen molar-refractivity contribution in [1.82, 2.24) is 10.3 Å². The molecule has 1 aromatic carbocycles. The monoisotopic (exact) mass is 310 g/mol. The molecule has 0 fully saturated rings. The van der Waals surface area contributed by atoms with Crippen LogP contribution in [0.5, 0.6) is 0 Å². The predicted octanol–water partition coefficient (Wildman–Crippen LogP) is 1.43. The van der Waals surface area contributed by atoms with Gasteiger partial charge in [0.05, 0.1) is 18.4 Å². The van der Waals surface area contributed by atoms with Crippen LogP contribution in [0.3, 0.4) is 0 Å². The van der Waals surface area contributed by atoms with Gasteiger partial charge in [0, 0.05) is 13.7 Å². The van der Waals surface area contributed by atoms with E-state index in [0.29, 0.717) is 23.8 Å². The predicted molar refractivity (Wildman–Crippen MR) is 80.2 cm³/mol. The molecule has 1 unspecified atom stereocenters. The van der Waals surface area contributed by atoms with E-state index in [9.17, 15) is 4.79 Å². The highest BCUT2D eigenvalue weighted by atomic mass is 32.2. The number of amides is 1. The summed E-state index contributed by atoms with van der Waals surface area (Å²) in [5.74, 6) is 0.0658. The van der Waals surface area contributed by atoms with Crippen molar-refractivity contribution in [2.45, 2.75) is 17.7 Å². The van der Waals surface area contributed by atoms with Crippen molar-refractivity contribution < 1.29 is 19.1 Å². The summed E-state index contributed by atoms with van der Waals surface area (Å²) in [4.78, 5) is 16.1. The second-order valence-electron chi connectivity index (χ2n) is 4.47. The zero-order chi connectivity index (χ0) is 15.1. The number of rotatable bonds is 8. The third-order valence-electron chi connectivity index (χ3n) is 2.81. The summed E-state index contributed by atoms with van der Waals surface area (Å²) in [6, 6.07) is 7.27. The topological polar surface area (TPSA) is 84.6 Å². The van der Waals surface area contributed by atoms with Crippen molar-refractivity contribution in [2.24, 2.45) is 0 Å². The number of methoxy groups -OCH3 is 1. The van der Waals surface area contributed by atoms with Crippen LogP contribution in [0.4, 0.5) is 0 Å². The van der Waals surface area contributed by atoms with Crippen LogP contribution in [-0.4, -0.2) is 48.1 Å². The lowest BCUT2D eigenvalue weighted by atomic mass is 10.2. The Labute approximate surface area is 126 Å². The number of thioether (sulfide) groups is 1. The summed E-state index contributed by atoms with van der Waals surface area (Å²) < 4.78 is 10.5. The molecular formula is C14H18N2O4S. The number of aliphatic hydroxyl groups is 1. The smallest absolute Gasteiger partial charge is 0.257 e. The number of benzene rings is 1. The highest BCUT2D eigenvalue weighted by molar-refractivity contribution is 7.99. The van der Waals surface area contributed by atoms with Crippen LogP contribution in [0, 0.1) is 0 Å². The van der Waals surface area contributed by atoms with Crippen LogP contribution in [0.1, 0.15) is 6.42 Å². The first-order valence-electron chi connectivity index (χ1n) is 6.60. The molecule has 1 aromatic heterocycles. The molecule has 0 aliphatic rings. The lowest BCUT2D eigenvalue weighted by Crippen LogP contribution is -2.39. The molecule has 1 heterocycles. The Morgan fingerprint density at radius 3 is 3.05 bits per heavy atom. The van der Waals surface area contributed by atoms with Gasteiger partial charge in [-0.3, -0.25) is 4.79 Å². The fraction of sp³-hybridized carbons (Fsp3) is 0.429. The van der Waals surface area contributed by atoms with Crippen LogP contribution in [-0.2, 0) is 9.53 Å². The average molecular weight is 310 g/mol. The van der Waals surface area contributed by atoms with Gasteiger partial charge in [0.25, 0.3) is 5.22 Å². The highest BCUT2D eigenvalue weighted by Gasteiger charge is 2.13. The van der Waals surface area contributed by atoms with Crippen molar-refractivity contribution in [2.75, 3.05) is 26.1 Å². The third-order valence-corrected chi connectivity index (χ3v) is 3.64. The normalized spacial score (nSPS) is 12.5. The van der Waals surface area contributed by atoms with E-state index in [2.05, 4.69) is 10.3 Å². The number of aliphatic hydroxyl groups excluding tert-OH is 1. The van der Waals surface area contributed by atoms with Gasteiger partial charge in [0.1, 0.15) is 5.52 Å². The molecule has 0 aliphatic carbocycles. The first-order chi connectivity index (χ1) is 10.2.